The molecule has 106 valence electrons. The van der Waals surface area contributed by atoms with E-state index in [1.54, 1.807) is 6.92 Å². The highest BCUT2D eigenvalue weighted by molar-refractivity contribution is 7.92. The minimum absolute atomic E-state index is 0.0822. The summed E-state index contributed by atoms with van der Waals surface area (Å²) in [7, 11) is -1.88. The number of ether oxygens (including phenoxy) is 1. The molecule has 0 radical (unpaired) electrons. The molecule has 0 amide bonds. The summed E-state index contributed by atoms with van der Waals surface area (Å²) in [6, 6.07) is 0. The molecule has 5 heteroatoms. The van der Waals surface area contributed by atoms with Gasteiger partial charge in [0, 0.05) is 0 Å². The van der Waals surface area contributed by atoms with Gasteiger partial charge in [-0.3, -0.25) is 4.79 Å². The van der Waals surface area contributed by atoms with Crippen molar-refractivity contribution in [3.05, 3.63) is 0 Å². The van der Waals surface area contributed by atoms with Crippen LogP contribution in [-0.4, -0.2) is 32.5 Å². The summed E-state index contributed by atoms with van der Waals surface area (Å²) in [4.78, 5) is 11.3. The van der Waals surface area contributed by atoms with Gasteiger partial charge in [-0.2, -0.15) is 0 Å². The van der Waals surface area contributed by atoms with Crippen molar-refractivity contribution in [3.8, 4) is 0 Å². The third-order valence-corrected chi connectivity index (χ3v) is 6.42. The van der Waals surface area contributed by atoms with Crippen LogP contribution in [0.25, 0.3) is 0 Å². The zero-order valence-corrected chi connectivity index (χ0v) is 12.3. The van der Waals surface area contributed by atoms with Gasteiger partial charge in [0.15, 0.2) is 9.84 Å². The Hall–Kier alpha value is -0.580. The molecule has 0 bridgehead atoms. The minimum Gasteiger partial charge on any atom is -0.469 e. The number of hydrogen-bond donors (Lipinski definition) is 0. The molecule has 0 aliphatic heterocycles. The van der Waals surface area contributed by atoms with Crippen molar-refractivity contribution >= 4 is 15.8 Å². The van der Waals surface area contributed by atoms with Crippen molar-refractivity contribution in [1.82, 2.24) is 0 Å². The molecule has 0 aromatic heterocycles. The summed E-state index contributed by atoms with van der Waals surface area (Å²) in [5.74, 6) is -0.416. The van der Waals surface area contributed by atoms with E-state index in [2.05, 4.69) is 11.7 Å². The smallest absolute Gasteiger partial charge is 0.309 e. The lowest BCUT2D eigenvalue weighted by Gasteiger charge is -2.28. The van der Waals surface area contributed by atoms with Crippen LogP contribution < -0.4 is 0 Å². The molecule has 1 atom stereocenters. The van der Waals surface area contributed by atoms with Gasteiger partial charge < -0.3 is 4.74 Å². The molecule has 1 aliphatic carbocycles. The highest BCUT2D eigenvalue weighted by Gasteiger charge is 2.32. The van der Waals surface area contributed by atoms with Gasteiger partial charge in [0.2, 0.25) is 0 Å². The quantitative estimate of drug-likeness (QED) is 0.722. The van der Waals surface area contributed by atoms with Crippen LogP contribution in [0.15, 0.2) is 0 Å². The second kappa shape index (κ2) is 6.55. The van der Waals surface area contributed by atoms with Crippen molar-refractivity contribution in [2.24, 2.45) is 11.8 Å². The van der Waals surface area contributed by atoms with Gasteiger partial charge in [-0.1, -0.05) is 20.3 Å². The Kier molecular flexibility index (Phi) is 5.63. The Labute approximate surface area is 110 Å². The van der Waals surface area contributed by atoms with Crippen molar-refractivity contribution < 1.29 is 17.9 Å². The average Bonchev–Trinajstić information content (AvgIpc) is 2.37. The Balaban J connectivity index is 2.57. The number of hydrogen-bond acceptors (Lipinski definition) is 4. The largest absolute Gasteiger partial charge is 0.469 e. The van der Waals surface area contributed by atoms with Crippen LogP contribution in [0.3, 0.4) is 0 Å². The predicted octanol–water partition coefficient (Wildman–Crippen LogP) is 2.18. The monoisotopic (exact) mass is 276 g/mol. The van der Waals surface area contributed by atoms with Crippen LogP contribution in [0, 0.1) is 11.8 Å². The van der Waals surface area contributed by atoms with E-state index in [-0.39, 0.29) is 11.0 Å². The topological polar surface area (TPSA) is 60.4 Å². The molecule has 0 aromatic rings. The number of rotatable bonds is 5. The highest BCUT2D eigenvalue weighted by Crippen LogP contribution is 2.31. The van der Waals surface area contributed by atoms with E-state index in [4.69, 9.17) is 0 Å². The molecule has 1 saturated carbocycles. The van der Waals surface area contributed by atoms with E-state index in [1.165, 1.54) is 7.11 Å². The molecule has 0 heterocycles. The van der Waals surface area contributed by atoms with Gasteiger partial charge in [-0.05, 0) is 31.6 Å². The number of carbonyl (C=O) groups is 1. The predicted molar refractivity (Wildman–Crippen MR) is 71.0 cm³/mol. The van der Waals surface area contributed by atoms with Crippen molar-refractivity contribution in [3.63, 3.8) is 0 Å². The molecule has 1 rings (SSSR count). The molecule has 18 heavy (non-hydrogen) atoms. The molecular formula is C13H24O4S. The zero-order chi connectivity index (χ0) is 13.8. The van der Waals surface area contributed by atoms with Crippen LogP contribution in [0.2, 0.25) is 0 Å². The van der Waals surface area contributed by atoms with Crippen molar-refractivity contribution in [2.75, 3.05) is 12.9 Å². The number of esters is 1. The second-order valence-electron chi connectivity index (χ2n) is 5.30. The Morgan fingerprint density at radius 2 is 1.83 bits per heavy atom. The Morgan fingerprint density at radius 3 is 2.28 bits per heavy atom. The molecule has 0 aromatic carbocycles. The van der Waals surface area contributed by atoms with E-state index in [0.717, 1.165) is 32.1 Å². The van der Waals surface area contributed by atoms with E-state index in [0.29, 0.717) is 5.92 Å². The fourth-order valence-corrected chi connectivity index (χ4v) is 4.75. The number of methoxy groups -OCH3 is 1. The van der Waals surface area contributed by atoms with Crippen molar-refractivity contribution in [2.45, 2.75) is 51.2 Å². The third-order valence-electron chi connectivity index (χ3n) is 3.96. The first-order valence-electron chi connectivity index (χ1n) is 6.70. The maximum atomic E-state index is 12.2. The van der Waals surface area contributed by atoms with Gasteiger partial charge in [-0.25, -0.2) is 8.42 Å². The normalized spacial score (nSPS) is 26.6. The van der Waals surface area contributed by atoms with E-state index < -0.39 is 21.7 Å². The lowest BCUT2D eigenvalue weighted by Crippen LogP contribution is -2.33. The maximum absolute atomic E-state index is 12.2. The first-order chi connectivity index (χ1) is 8.40. The second-order valence-corrected chi connectivity index (χ2v) is 7.63. The molecular weight excluding hydrogens is 252 g/mol. The van der Waals surface area contributed by atoms with Crippen LogP contribution in [0.5, 0.6) is 0 Å². The average molecular weight is 276 g/mol. The molecule has 1 unspecified atom stereocenters. The summed E-state index contributed by atoms with van der Waals surface area (Å²) in [6.45, 7) is 3.76. The van der Waals surface area contributed by atoms with Crippen molar-refractivity contribution in [1.29, 1.82) is 0 Å². The van der Waals surface area contributed by atoms with Crippen LogP contribution in [0.4, 0.5) is 0 Å². The summed E-state index contributed by atoms with van der Waals surface area (Å²) < 4.78 is 29.0. The molecule has 1 aliphatic rings. The lowest BCUT2D eigenvalue weighted by molar-refractivity contribution is -0.144. The van der Waals surface area contributed by atoms with Gasteiger partial charge in [-0.15, -0.1) is 0 Å². The molecule has 0 N–H and O–H groups in total. The molecule has 1 fully saturated rings. The summed E-state index contributed by atoms with van der Waals surface area (Å²) in [5.41, 5.74) is 0. The maximum Gasteiger partial charge on any atom is 0.309 e. The molecule has 0 spiro atoms. The number of sulfone groups is 1. The van der Waals surface area contributed by atoms with Crippen LogP contribution in [-0.2, 0) is 19.4 Å². The van der Waals surface area contributed by atoms with Crippen LogP contribution >= 0.6 is 0 Å². The van der Waals surface area contributed by atoms with Gasteiger partial charge in [0.1, 0.15) is 0 Å². The van der Waals surface area contributed by atoms with E-state index >= 15 is 0 Å². The first-order valence-corrected chi connectivity index (χ1v) is 8.41. The summed E-state index contributed by atoms with van der Waals surface area (Å²) in [6.07, 6.45) is 4.61. The van der Waals surface area contributed by atoms with Gasteiger partial charge >= 0.3 is 5.97 Å². The standard InChI is InChI=1S/C13H24O4S/c1-4-11-5-7-12(8-6-11)18(15,16)9-10(2)13(14)17-3/h10-12H,4-9H2,1-3H3. The third kappa shape index (κ3) is 3.97. The Morgan fingerprint density at radius 1 is 1.28 bits per heavy atom. The molecule has 4 nitrogen and oxygen atoms in total. The zero-order valence-electron chi connectivity index (χ0n) is 11.5. The molecule has 0 saturated heterocycles. The van der Waals surface area contributed by atoms with E-state index in [1.807, 2.05) is 0 Å². The fourth-order valence-electron chi connectivity index (χ4n) is 2.65. The van der Waals surface area contributed by atoms with Crippen LogP contribution in [0.1, 0.15) is 46.0 Å². The SMILES string of the molecule is CCC1CCC(S(=O)(=O)CC(C)C(=O)OC)CC1. The summed E-state index contributed by atoms with van der Waals surface area (Å²) >= 11 is 0. The minimum atomic E-state index is -3.17. The first kappa shape index (κ1) is 15.5. The Bertz CT molecular complexity index is 366. The van der Waals surface area contributed by atoms with Gasteiger partial charge in [0.25, 0.3) is 0 Å². The number of carbonyl (C=O) groups excluding carboxylic acids is 1. The summed E-state index contributed by atoms with van der Waals surface area (Å²) in [5, 5.41) is -0.257. The lowest BCUT2D eigenvalue weighted by atomic mass is 9.87. The fraction of sp³-hybridized carbons (Fsp3) is 0.923. The van der Waals surface area contributed by atoms with Gasteiger partial charge in [0.05, 0.1) is 24.0 Å². The van der Waals surface area contributed by atoms with E-state index in [9.17, 15) is 13.2 Å². The highest BCUT2D eigenvalue weighted by atomic mass is 32.2.